The van der Waals surface area contributed by atoms with Crippen LogP contribution in [0.25, 0.3) is 11.1 Å². The number of nitrogens with zero attached hydrogens (tertiary/aromatic N) is 1. The number of ether oxygens (including phenoxy) is 1. The van der Waals surface area contributed by atoms with Crippen LogP contribution in [0, 0.1) is 17.6 Å². The maximum atomic E-state index is 14.4. The fraction of sp³-hybridized carbons (Fsp3) is 0.435. The molecule has 1 aliphatic heterocycles. The maximum Gasteiger partial charge on any atom is 0.226 e. The molecule has 0 unspecified atom stereocenters. The van der Waals surface area contributed by atoms with Crippen molar-refractivity contribution < 1.29 is 26.7 Å². The third-order valence-electron chi connectivity index (χ3n) is 6.00. The Morgan fingerprint density at radius 2 is 1.88 bits per heavy atom. The van der Waals surface area contributed by atoms with Crippen molar-refractivity contribution in [2.45, 2.75) is 25.3 Å². The topological polar surface area (TPSA) is 75.7 Å². The van der Waals surface area contributed by atoms with E-state index in [4.69, 9.17) is 4.74 Å². The molecule has 1 heterocycles. The third kappa shape index (κ3) is 4.84. The first-order valence-corrected chi connectivity index (χ1v) is 12.4. The fourth-order valence-corrected chi connectivity index (χ4v) is 5.09. The highest BCUT2D eigenvalue weighted by molar-refractivity contribution is 7.89. The van der Waals surface area contributed by atoms with E-state index in [9.17, 15) is 22.0 Å². The second kappa shape index (κ2) is 9.25. The van der Waals surface area contributed by atoms with Gasteiger partial charge in [-0.3, -0.25) is 4.79 Å². The Bertz CT molecular complexity index is 1090. The lowest BCUT2D eigenvalue weighted by Gasteiger charge is -2.24. The minimum absolute atomic E-state index is 0.0501. The molecule has 9 heteroatoms. The van der Waals surface area contributed by atoms with E-state index in [0.29, 0.717) is 25.1 Å². The van der Waals surface area contributed by atoms with Crippen LogP contribution in [0.15, 0.2) is 42.5 Å². The van der Waals surface area contributed by atoms with Gasteiger partial charge in [0.15, 0.2) is 0 Å². The minimum Gasteiger partial charge on any atom is -0.378 e. The zero-order valence-electron chi connectivity index (χ0n) is 17.8. The standard InChI is InChI=1S/C23H26F2N2O4S/c1-2-32(29,30)26-15-13-27(10-11-31-14-15)23(28)19-12-18(19)16-6-3-4-7-17(16)22-20(24)8-5-9-21(22)25/h3-9,15,18-19,26H,2,10-14H2,1H3/t15-,18+,19-/m1/s1. The van der Waals surface area contributed by atoms with E-state index in [1.807, 2.05) is 6.07 Å². The predicted molar refractivity (Wildman–Crippen MR) is 116 cm³/mol. The van der Waals surface area contributed by atoms with Crippen LogP contribution in [0.5, 0.6) is 0 Å². The Morgan fingerprint density at radius 3 is 2.59 bits per heavy atom. The van der Waals surface area contributed by atoms with Gasteiger partial charge >= 0.3 is 0 Å². The van der Waals surface area contributed by atoms with Gasteiger partial charge in [-0.25, -0.2) is 21.9 Å². The number of hydrogen-bond acceptors (Lipinski definition) is 4. The van der Waals surface area contributed by atoms with E-state index in [1.54, 1.807) is 30.0 Å². The molecule has 2 aromatic rings. The molecule has 32 heavy (non-hydrogen) atoms. The van der Waals surface area contributed by atoms with Crippen molar-refractivity contribution in [3.05, 3.63) is 59.7 Å². The predicted octanol–water partition coefficient (Wildman–Crippen LogP) is 2.90. The zero-order chi connectivity index (χ0) is 22.9. The molecule has 3 atom stereocenters. The molecule has 172 valence electrons. The summed E-state index contributed by atoms with van der Waals surface area (Å²) in [5.74, 6) is -1.88. The molecule has 2 fully saturated rings. The Morgan fingerprint density at radius 1 is 1.16 bits per heavy atom. The van der Waals surface area contributed by atoms with Crippen LogP contribution in [0.3, 0.4) is 0 Å². The van der Waals surface area contributed by atoms with Crippen LogP contribution >= 0.6 is 0 Å². The van der Waals surface area contributed by atoms with Crippen LogP contribution in [-0.2, 0) is 19.6 Å². The zero-order valence-corrected chi connectivity index (χ0v) is 18.6. The molecule has 2 aromatic carbocycles. The summed E-state index contributed by atoms with van der Waals surface area (Å²) < 4.78 is 60.8. The van der Waals surface area contributed by atoms with E-state index >= 15 is 0 Å². The quantitative estimate of drug-likeness (QED) is 0.713. The molecule has 2 aliphatic rings. The van der Waals surface area contributed by atoms with Crippen molar-refractivity contribution in [3.63, 3.8) is 0 Å². The molecule has 0 aromatic heterocycles. The van der Waals surface area contributed by atoms with Gasteiger partial charge in [-0.2, -0.15) is 0 Å². The summed E-state index contributed by atoms with van der Waals surface area (Å²) in [6.45, 7) is 2.67. The van der Waals surface area contributed by atoms with Gasteiger partial charge < -0.3 is 9.64 Å². The molecule has 6 nitrogen and oxygen atoms in total. The second-order valence-corrected chi connectivity index (χ2v) is 10.3. The van der Waals surface area contributed by atoms with Crippen LogP contribution in [0.2, 0.25) is 0 Å². The smallest absolute Gasteiger partial charge is 0.226 e. The summed E-state index contributed by atoms with van der Waals surface area (Å²) in [4.78, 5) is 14.8. The highest BCUT2D eigenvalue weighted by Gasteiger charge is 2.47. The molecular weight excluding hydrogens is 438 g/mol. The number of benzene rings is 2. The van der Waals surface area contributed by atoms with Crippen molar-refractivity contribution in [2.24, 2.45) is 5.92 Å². The Labute approximate surface area is 186 Å². The lowest BCUT2D eigenvalue weighted by molar-refractivity contribution is -0.132. The van der Waals surface area contributed by atoms with Crippen molar-refractivity contribution in [3.8, 4) is 11.1 Å². The monoisotopic (exact) mass is 464 g/mol. The number of amides is 1. The van der Waals surface area contributed by atoms with Gasteiger partial charge in [0.1, 0.15) is 11.6 Å². The van der Waals surface area contributed by atoms with Gasteiger partial charge in [0.05, 0.1) is 30.6 Å². The summed E-state index contributed by atoms with van der Waals surface area (Å²) >= 11 is 0. The van der Waals surface area contributed by atoms with E-state index in [2.05, 4.69) is 4.72 Å². The molecule has 1 saturated carbocycles. The average molecular weight is 465 g/mol. The largest absolute Gasteiger partial charge is 0.378 e. The number of halogens is 2. The Kier molecular flexibility index (Phi) is 6.60. The van der Waals surface area contributed by atoms with E-state index in [-0.39, 0.29) is 42.2 Å². The lowest BCUT2D eigenvalue weighted by atomic mass is 9.95. The number of hydrogen-bond donors (Lipinski definition) is 1. The van der Waals surface area contributed by atoms with Crippen molar-refractivity contribution in [1.29, 1.82) is 0 Å². The van der Waals surface area contributed by atoms with E-state index in [0.717, 1.165) is 5.56 Å². The first-order chi connectivity index (χ1) is 15.3. The molecule has 0 bridgehead atoms. The number of sulfonamides is 1. The molecular formula is C23H26F2N2O4S. The van der Waals surface area contributed by atoms with E-state index < -0.39 is 27.7 Å². The maximum absolute atomic E-state index is 14.4. The third-order valence-corrected chi connectivity index (χ3v) is 7.46. The Hall–Kier alpha value is -2.36. The lowest BCUT2D eigenvalue weighted by Crippen LogP contribution is -2.47. The van der Waals surface area contributed by atoms with Crippen LogP contribution in [0.1, 0.15) is 24.8 Å². The van der Waals surface area contributed by atoms with Gasteiger partial charge in [-0.1, -0.05) is 30.3 Å². The summed E-state index contributed by atoms with van der Waals surface area (Å²) in [5.41, 5.74) is 1.11. The summed E-state index contributed by atoms with van der Waals surface area (Å²) in [6.07, 6.45) is 0.578. The molecule has 4 rings (SSSR count). The average Bonchev–Trinajstić information content (AvgIpc) is 3.58. The first-order valence-electron chi connectivity index (χ1n) is 10.7. The van der Waals surface area contributed by atoms with Gasteiger partial charge in [-0.05, 0) is 42.5 Å². The van der Waals surface area contributed by atoms with Crippen molar-refractivity contribution >= 4 is 15.9 Å². The fourth-order valence-electron chi connectivity index (χ4n) is 4.27. The molecule has 1 N–H and O–H groups in total. The highest BCUT2D eigenvalue weighted by Crippen LogP contribution is 2.51. The number of rotatable bonds is 6. The first kappa shape index (κ1) is 22.8. The molecule has 0 spiro atoms. The van der Waals surface area contributed by atoms with Gasteiger partial charge in [0, 0.05) is 19.0 Å². The van der Waals surface area contributed by atoms with Gasteiger partial charge in [-0.15, -0.1) is 0 Å². The minimum atomic E-state index is -3.43. The van der Waals surface area contributed by atoms with Crippen LogP contribution in [-0.4, -0.2) is 57.3 Å². The molecule has 1 aliphatic carbocycles. The normalized spacial score (nSPS) is 23.6. The number of nitrogens with one attached hydrogen (secondary N) is 1. The molecule has 1 saturated heterocycles. The number of carbonyl (C=O) groups excluding carboxylic acids is 1. The molecule has 0 radical (unpaired) electrons. The SMILES string of the molecule is CCS(=O)(=O)N[C@H]1COCCN(C(=O)[C@@H]2C[C@H]2c2ccccc2-c2c(F)cccc2F)C1. The second-order valence-electron chi connectivity index (χ2n) is 8.21. The summed E-state index contributed by atoms with van der Waals surface area (Å²) in [6, 6.07) is 10.3. The van der Waals surface area contributed by atoms with Crippen molar-refractivity contribution in [1.82, 2.24) is 9.62 Å². The summed E-state index contributed by atoms with van der Waals surface area (Å²) in [7, 11) is -3.43. The summed E-state index contributed by atoms with van der Waals surface area (Å²) in [5, 5.41) is 0. The van der Waals surface area contributed by atoms with Crippen LogP contribution in [0.4, 0.5) is 8.78 Å². The molecule has 1 amide bonds. The van der Waals surface area contributed by atoms with Gasteiger partial charge in [0.25, 0.3) is 0 Å². The van der Waals surface area contributed by atoms with E-state index in [1.165, 1.54) is 18.2 Å². The van der Waals surface area contributed by atoms with Crippen LogP contribution < -0.4 is 4.72 Å². The highest BCUT2D eigenvalue weighted by atomic mass is 32.2. The van der Waals surface area contributed by atoms with Gasteiger partial charge in [0.2, 0.25) is 15.9 Å². The Balaban J connectivity index is 1.52. The number of carbonyl (C=O) groups is 1. The van der Waals surface area contributed by atoms with Crippen molar-refractivity contribution in [2.75, 3.05) is 32.1 Å².